The van der Waals surface area contributed by atoms with Crippen LogP contribution in [0.4, 0.5) is 0 Å². The molecule has 238 valence electrons. The van der Waals surface area contributed by atoms with Gasteiger partial charge >= 0.3 is 5.97 Å². The van der Waals surface area contributed by atoms with Crippen LogP contribution in [0.15, 0.2) is 65.9 Å². The number of rotatable bonds is 16. The van der Waals surface area contributed by atoms with Crippen LogP contribution in [0.3, 0.4) is 0 Å². The first kappa shape index (κ1) is 34.2. The molecule has 1 aromatic heterocycles. The van der Waals surface area contributed by atoms with E-state index in [0.717, 1.165) is 22.0 Å². The summed E-state index contributed by atoms with van der Waals surface area (Å²) in [6.45, 7) is 4.50. The molecule has 0 saturated carbocycles. The summed E-state index contributed by atoms with van der Waals surface area (Å²) in [6.07, 6.45) is -1.16. The molecule has 0 bridgehead atoms. The molecule has 12 heteroatoms. The zero-order valence-electron chi connectivity index (χ0n) is 25.7. The number of hydrogen-bond acceptors (Lipinski definition) is 9. The lowest BCUT2D eigenvalue weighted by Crippen LogP contribution is -2.53. The Morgan fingerprint density at radius 3 is 2.23 bits per heavy atom. The number of aromatic amines is 1. The molecule has 0 spiro atoms. The van der Waals surface area contributed by atoms with E-state index in [1.165, 1.54) is 21.1 Å². The topological polar surface area (TPSA) is 172 Å². The second-order valence-electron chi connectivity index (χ2n) is 10.8. The number of aromatic nitrogens is 1. The number of amides is 2. The molecule has 1 heterocycles. The van der Waals surface area contributed by atoms with Crippen molar-refractivity contribution < 1.29 is 38.9 Å². The van der Waals surface area contributed by atoms with Gasteiger partial charge in [-0.1, -0.05) is 67.5 Å². The maximum absolute atomic E-state index is 13.6. The number of ether oxygens (including phenoxy) is 2. The Morgan fingerprint density at radius 1 is 0.909 bits per heavy atom. The SMILES string of the molecule is COC(=O)[C@@H](Cc1ccccc1)NC(=O)[C@H](Cc1c[nH]c2ccccc12)NC(=O)CO/N=C(/[C@@H](OC)C(C)C)[C@@H](O)[C@@H](C)O. The first-order valence-corrected chi connectivity index (χ1v) is 14.4. The molecule has 5 atom stereocenters. The Balaban J connectivity index is 1.81. The number of fused-ring (bicyclic) bond motifs is 1. The average Bonchev–Trinajstić information content (AvgIpc) is 3.42. The number of nitrogens with one attached hydrogen (secondary N) is 3. The number of benzene rings is 2. The number of carbonyl (C=O) groups is 3. The van der Waals surface area contributed by atoms with Gasteiger partial charge < -0.3 is 40.1 Å². The van der Waals surface area contributed by atoms with Crippen LogP contribution in [0, 0.1) is 5.92 Å². The lowest BCUT2D eigenvalue weighted by molar-refractivity contribution is -0.145. The van der Waals surface area contributed by atoms with Crippen molar-refractivity contribution in [3.05, 3.63) is 71.9 Å². The molecule has 0 aliphatic heterocycles. The van der Waals surface area contributed by atoms with Gasteiger partial charge in [-0.3, -0.25) is 9.59 Å². The van der Waals surface area contributed by atoms with Gasteiger partial charge in [-0.25, -0.2) is 4.79 Å². The van der Waals surface area contributed by atoms with E-state index in [4.69, 9.17) is 14.3 Å². The quantitative estimate of drug-likeness (QED) is 0.0930. The highest BCUT2D eigenvalue weighted by Gasteiger charge is 2.31. The number of esters is 1. The van der Waals surface area contributed by atoms with Crippen LogP contribution in [0.1, 0.15) is 31.9 Å². The van der Waals surface area contributed by atoms with Gasteiger partial charge in [0.1, 0.15) is 30.0 Å². The van der Waals surface area contributed by atoms with E-state index in [9.17, 15) is 24.6 Å². The van der Waals surface area contributed by atoms with Crippen molar-refractivity contribution in [2.75, 3.05) is 20.8 Å². The second kappa shape index (κ2) is 16.6. The Labute approximate surface area is 256 Å². The van der Waals surface area contributed by atoms with E-state index in [-0.39, 0.29) is 24.5 Å². The highest BCUT2D eigenvalue weighted by molar-refractivity contribution is 5.94. The van der Waals surface area contributed by atoms with E-state index < -0.39 is 54.8 Å². The summed E-state index contributed by atoms with van der Waals surface area (Å²) in [5.74, 6) is -2.01. The molecule has 0 saturated heterocycles. The Kier molecular flexibility index (Phi) is 12.9. The summed E-state index contributed by atoms with van der Waals surface area (Å²) in [6, 6.07) is 14.6. The zero-order chi connectivity index (χ0) is 32.2. The number of aliphatic hydroxyl groups excluding tert-OH is 2. The molecule has 3 rings (SSSR count). The van der Waals surface area contributed by atoms with Crippen LogP contribution < -0.4 is 10.6 Å². The molecular weight excluding hydrogens is 568 g/mol. The van der Waals surface area contributed by atoms with Gasteiger partial charge in [0.05, 0.1) is 13.2 Å². The number of methoxy groups -OCH3 is 2. The second-order valence-corrected chi connectivity index (χ2v) is 10.8. The molecule has 0 aliphatic carbocycles. The average molecular weight is 611 g/mol. The van der Waals surface area contributed by atoms with Crippen LogP contribution in [-0.4, -0.2) is 89.9 Å². The number of para-hydroxylation sites is 1. The first-order chi connectivity index (χ1) is 21.0. The summed E-state index contributed by atoms with van der Waals surface area (Å²) in [4.78, 5) is 47.7. The van der Waals surface area contributed by atoms with Crippen molar-refractivity contribution in [3.8, 4) is 0 Å². The van der Waals surface area contributed by atoms with Crippen LogP contribution in [0.5, 0.6) is 0 Å². The number of H-pyrrole nitrogens is 1. The summed E-state index contributed by atoms with van der Waals surface area (Å²) in [7, 11) is 2.68. The van der Waals surface area contributed by atoms with Crippen LogP contribution in [0.25, 0.3) is 10.9 Å². The normalized spacial score (nSPS) is 15.2. The summed E-state index contributed by atoms with van der Waals surface area (Å²) >= 11 is 0. The third-order valence-corrected chi connectivity index (χ3v) is 7.11. The lowest BCUT2D eigenvalue weighted by atomic mass is 9.96. The summed E-state index contributed by atoms with van der Waals surface area (Å²) in [5, 5.41) is 30.6. The zero-order valence-corrected chi connectivity index (χ0v) is 25.7. The third-order valence-electron chi connectivity index (χ3n) is 7.11. The van der Waals surface area contributed by atoms with E-state index in [1.54, 1.807) is 6.20 Å². The standard InChI is InChI=1S/C32H42N4O8/c1-19(2)30(42-4)28(29(39)20(3)37)36-44-18-27(38)34-25(16-22-17-33-24-14-10-9-13-23(22)24)31(40)35-26(32(41)43-5)15-21-11-7-6-8-12-21/h6-14,17,19-20,25-26,29-30,33,37,39H,15-16,18H2,1-5H3,(H,34,38)(H,35,40)/b36-28+/t20-,25+,26-,29+,30+/m1/s1. The molecule has 2 aromatic carbocycles. The number of aliphatic hydroxyl groups is 2. The number of oxime groups is 1. The predicted molar refractivity (Wildman–Crippen MR) is 165 cm³/mol. The molecule has 5 N–H and O–H groups in total. The third kappa shape index (κ3) is 9.37. The fraction of sp³-hybridized carbons (Fsp3) is 0.438. The van der Waals surface area contributed by atoms with E-state index in [0.29, 0.717) is 0 Å². The van der Waals surface area contributed by atoms with Crippen molar-refractivity contribution in [1.82, 2.24) is 15.6 Å². The molecule has 0 unspecified atom stereocenters. The van der Waals surface area contributed by atoms with E-state index in [1.807, 2.05) is 68.4 Å². The maximum Gasteiger partial charge on any atom is 0.328 e. The van der Waals surface area contributed by atoms with Gasteiger partial charge in [-0.05, 0) is 30.0 Å². The van der Waals surface area contributed by atoms with Crippen LogP contribution in [0.2, 0.25) is 0 Å². The van der Waals surface area contributed by atoms with E-state index in [2.05, 4.69) is 20.8 Å². The van der Waals surface area contributed by atoms with Crippen LogP contribution >= 0.6 is 0 Å². The van der Waals surface area contributed by atoms with Gasteiger partial charge in [-0.2, -0.15) is 0 Å². The molecule has 3 aromatic rings. The summed E-state index contributed by atoms with van der Waals surface area (Å²) in [5.41, 5.74) is 2.49. The lowest BCUT2D eigenvalue weighted by Gasteiger charge is -2.25. The van der Waals surface area contributed by atoms with Crippen molar-refractivity contribution in [2.45, 2.75) is 64.0 Å². The molecular formula is C32H42N4O8. The number of hydrogen-bond donors (Lipinski definition) is 5. The van der Waals surface area contributed by atoms with Crippen molar-refractivity contribution in [1.29, 1.82) is 0 Å². The molecule has 12 nitrogen and oxygen atoms in total. The van der Waals surface area contributed by atoms with E-state index >= 15 is 0 Å². The minimum absolute atomic E-state index is 0.0280. The van der Waals surface area contributed by atoms with Gasteiger partial charge in [0.25, 0.3) is 5.91 Å². The maximum atomic E-state index is 13.6. The smallest absolute Gasteiger partial charge is 0.328 e. The first-order valence-electron chi connectivity index (χ1n) is 14.4. The van der Waals surface area contributed by atoms with Gasteiger partial charge in [0.15, 0.2) is 6.61 Å². The molecule has 2 amide bonds. The predicted octanol–water partition coefficient (Wildman–Crippen LogP) is 1.88. The highest BCUT2D eigenvalue weighted by atomic mass is 16.6. The molecule has 0 aliphatic rings. The fourth-order valence-electron chi connectivity index (χ4n) is 4.84. The Hall–Kier alpha value is -4.26. The molecule has 44 heavy (non-hydrogen) atoms. The summed E-state index contributed by atoms with van der Waals surface area (Å²) < 4.78 is 10.4. The highest BCUT2D eigenvalue weighted by Crippen LogP contribution is 2.19. The number of carbonyl (C=O) groups excluding carboxylic acids is 3. The van der Waals surface area contributed by atoms with Gasteiger partial charge in [-0.15, -0.1) is 0 Å². The molecule has 0 fully saturated rings. The van der Waals surface area contributed by atoms with Gasteiger partial charge in [0.2, 0.25) is 5.91 Å². The van der Waals surface area contributed by atoms with Gasteiger partial charge in [0, 0.05) is 37.1 Å². The Morgan fingerprint density at radius 2 is 1.59 bits per heavy atom. The minimum Gasteiger partial charge on any atom is -0.467 e. The largest absolute Gasteiger partial charge is 0.467 e. The fourth-order valence-corrected chi connectivity index (χ4v) is 4.84. The monoisotopic (exact) mass is 610 g/mol. The Bertz CT molecular complexity index is 1410. The molecule has 0 radical (unpaired) electrons. The van der Waals surface area contributed by atoms with Crippen molar-refractivity contribution in [2.24, 2.45) is 11.1 Å². The number of nitrogens with zero attached hydrogens (tertiary/aromatic N) is 1. The van der Waals surface area contributed by atoms with Crippen LogP contribution in [-0.2, 0) is 41.5 Å². The minimum atomic E-state index is -1.38. The van der Waals surface area contributed by atoms with Crippen molar-refractivity contribution >= 4 is 34.4 Å². The van der Waals surface area contributed by atoms with Crippen molar-refractivity contribution in [3.63, 3.8) is 0 Å².